The van der Waals surface area contributed by atoms with E-state index in [0.29, 0.717) is 6.42 Å². The average molecular weight is 656 g/mol. The lowest BCUT2D eigenvalue weighted by atomic mass is 9.74. The molecule has 0 spiro atoms. The summed E-state index contributed by atoms with van der Waals surface area (Å²) in [4.78, 5) is 68.2. The van der Waals surface area contributed by atoms with Gasteiger partial charge in [0.1, 0.15) is 17.8 Å². The van der Waals surface area contributed by atoms with E-state index in [9.17, 15) is 24.0 Å². The third-order valence-electron chi connectivity index (χ3n) is 10.0. The number of carbonyl (C=O) groups excluding carboxylic acids is 5. The van der Waals surface area contributed by atoms with E-state index in [1.807, 2.05) is 25.9 Å². The van der Waals surface area contributed by atoms with Crippen LogP contribution in [0.1, 0.15) is 81.6 Å². The maximum absolute atomic E-state index is 14.1. The van der Waals surface area contributed by atoms with Gasteiger partial charge in [-0.3, -0.25) is 19.2 Å². The summed E-state index contributed by atoms with van der Waals surface area (Å²) < 4.78 is 41.6. The average Bonchev–Trinajstić information content (AvgIpc) is 3.30. The molecule has 0 aromatic rings. The van der Waals surface area contributed by atoms with Crippen molar-refractivity contribution in [1.82, 2.24) is 4.90 Å². The Morgan fingerprint density at radius 3 is 2.15 bits per heavy atom. The van der Waals surface area contributed by atoms with Gasteiger partial charge in [0.05, 0.1) is 29.8 Å². The zero-order valence-corrected chi connectivity index (χ0v) is 29.3. The number of likely N-dealkylation sites (N-methyl/N-ethyl adjacent to an activating group) is 1. The van der Waals surface area contributed by atoms with Gasteiger partial charge in [-0.05, 0) is 61.1 Å². The van der Waals surface area contributed by atoms with Crippen molar-refractivity contribution < 1.29 is 57.1 Å². The van der Waals surface area contributed by atoms with Crippen molar-refractivity contribution in [2.24, 2.45) is 23.7 Å². The van der Waals surface area contributed by atoms with Crippen LogP contribution in [0.2, 0.25) is 0 Å². The Morgan fingerprint density at radius 1 is 0.978 bits per heavy atom. The standard InChI is InChI=1S/C33H53NO12/c1-13-23-33(9)28(45-31(39)46-33)18(4)24(36)16(2)15-32(8,40-12)27(19(5)25(37)20(6)29(38)43-23)44-30-26(42-21(7)35)22(34(10)11)14-17(3)41-30/h16-20,22-23,26-28,30H,13-15H2,1-12H3/t16-,17?,18+,19?,20?,22?,23?,26-,27-,28-,30?,32-,33-/m1/s1. The lowest BCUT2D eigenvalue weighted by molar-refractivity contribution is -0.298. The first kappa shape index (κ1) is 37.8. The monoisotopic (exact) mass is 655 g/mol. The van der Waals surface area contributed by atoms with Gasteiger partial charge in [0, 0.05) is 25.9 Å². The highest BCUT2D eigenvalue weighted by Gasteiger charge is 2.59. The Kier molecular flexibility index (Phi) is 12.1. The van der Waals surface area contributed by atoms with Crippen molar-refractivity contribution in [2.75, 3.05) is 21.2 Å². The van der Waals surface area contributed by atoms with E-state index >= 15 is 0 Å². The van der Waals surface area contributed by atoms with Crippen molar-refractivity contribution in [1.29, 1.82) is 0 Å². The molecule has 3 rings (SSSR count). The summed E-state index contributed by atoms with van der Waals surface area (Å²) >= 11 is 0. The van der Waals surface area contributed by atoms with Crippen LogP contribution in [-0.2, 0) is 52.3 Å². The lowest BCUT2D eigenvalue weighted by Crippen LogP contribution is -2.60. The van der Waals surface area contributed by atoms with Crippen molar-refractivity contribution >= 4 is 29.7 Å². The lowest BCUT2D eigenvalue weighted by Gasteiger charge is -2.47. The molecule has 0 N–H and O–H groups in total. The molecule has 13 heteroatoms. The third-order valence-corrected chi connectivity index (χ3v) is 10.0. The minimum Gasteiger partial charge on any atom is -0.457 e. The van der Waals surface area contributed by atoms with Crippen LogP contribution >= 0.6 is 0 Å². The highest BCUT2D eigenvalue weighted by atomic mass is 16.8. The largest absolute Gasteiger partial charge is 0.509 e. The van der Waals surface area contributed by atoms with E-state index in [0.717, 1.165) is 0 Å². The molecule has 46 heavy (non-hydrogen) atoms. The number of nitrogens with zero attached hydrogens (tertiary/aromatic N) is 1. The summed E-state index contributed by atoms with van der Waals surface area (Å²) in [5, 5.41) is 0. The van der Waals surface area contributed by atoms with Crippen LogP contribution < -0.4 is 0 Å². The van der Waals surface area contributed by atoms with Crippen LogP contribution in [0.3, 0.4) is 0 Å². The van der Waals surface area contributed by atoms with E-state index in [-0.39, 0.29) is 30.8 Å². The maximum atomic E-state index is 14.1. The highest BCUT2D eigenvalue weighted by Crippen LogP contribution is 2.42. The van der Waals surface area contributed by atoms with Gasteiger partial charge in [0.25, 0.3) is 0 Å². The molecule has 13 atom stereocenters. The quantitative estimate of drug-likeness (QED) is 0.233. The smallest absolute Gasteiger partial charge is 0.457 e. The highest BCUT2D eigenvalue weighted by molar-refractivity contribution is 6.00. The predicted octanol–water partition coefficient (Wildman–Crippen LogP) is 3.48. The minimum atomic E-state index is -1.46. The molecule has 0 bridgehead atoms. The minimum absolute atomic E-state index is 0.0981. The van der Waals surface area contributed by atoms with E-state index in [4.69, 9.17) is 33.2 Å². The molecule has 3 aliphatic rings. The van der Waals surface area contributed by atoms with E-state index in [2.05, 4.69) is 0 Å². The number of hydrogen-bond donors (Lipinski definition) is 0. The van der Waals surface area contributed by atoms with Crippen molar-refractivity contribution in [3.8, 4) is 0 Å². The van der Waals surface area contributed by atoms with Crippen LogP contribution in [0, 0.1) is 23.7 Å². The zero-order valence-electron chi connectivity index (χ0n) is 29.3. The molecular weight excluding hydrogens is 602 g/mol. The molecule has 3 aliphatic heterocycles. The van der Waals surface area contributed by atoms with E-state index < -0.39 is 89.5 Å². The zero-order chi connectivity index (χ0) is 34.9. The first-order chi connectivity index (χ1) is 21.3. The molecule has 0 aliphatic carbocycles. The maximum Gasteiger partial charge on any atom is 0.509 e. The van der Waals surface area contributed by atoms with Gasteiger partial charge in [-0.15, -0.1) is 0 Å². The Balaban J connectivity index is 2.13. The number of ether oxygens (including phenoxy) is 7. The van der Waals surface area contributed by atoms with Gasteiger partial charge in [-0.25, -0.2) is 4.79 Å². The Bertz CT molecular complexity index is 1160. The second kappa shape index (κ2) is 14.7. The van der Waals surface area contributed by atoms with E-state index in [1.165, 1.54) is 21.0 Å². The first-order valence-corrected chi connectivity index (χ1v) is 16.2. The third kappa shape index (κ3) is 7.58. The Hall–Kier alpha value is -2.61. The summed E-state index contributed by atoms with van der Waals surface area (Å²) in [7, 11) is 5.19. The second-order valence-corrected chi connectivity index (χ2v) is 13.8. The van der Waals surface area contributed by atoms with Crippen LogP contribution in [-0.4, -0.2) is 110 Å². The number of Topliss-reactive ketones (excluding diaryl/α,β-unsaturated/α-hetero) is 2. The van der Waals surface area contributed by atoms with Gasteiger partial charge < -0.3 is 38.1 Å². The van der Waals surface area contributed by atoms with Crippen LogP contribution in [0.15, 0.2) is 0 Å². The first-order valence-electron chi connectivity index (χ1n) is 16.2. The van der Waals surface area contributed by atoms with Gasteiger partial charge >= 0.3 is 18.1 Å². The fraction of sp³-hybridized carbons (Fsp3) is 0.848. The summed E-state index contributed by atoms with van der Waals surface area (Å²) in [5.41, 5.74) is -2.75. The topological polar surface area (TPSA) is 153 Å². The summed E-state index contributed by atoms with van der Waals surface area (Å²) in [6, 6.07) is -0.261. The molecular formula is C33H53NO12. The molecule has 262 valence electrons. The Morgan fingerprint density at radius 2 is 1.61 bits per heavy atom. The number of esters is 2. The predicted molar refractivity (Wildman–Crippen MR) is 163 cm³/mol. The molecule has 3 saturated heterocycles. The van der Waals surface area contributed by atoms with Crippen molar-refractivity contribution in [2.45, 2.75) is 136 Å². The molecule has 6 unspecified atom stereocenters. The van der Waals surface area contributed by atoms with Crippen LogP contribution in [0.5, 0.6) is 0 Å². The molecule has 0 amide bonds. The number of cyclic esters (lactones) is 1. The summed E-state index contributed by atoms with van der Waals surface area (Å²) in [5.74, 6) is -5.77. The van der Waals surface area contributed by atoms with Gasteiger partial charge in [0.2, 0.25) is 0 Å². The van der Waals surface area contributed by atoms with Crippen molar-refractivity contribution in [3.63, 3.8) is 0 Å². The molecule has 3 fully saturated rings. The molecule has 0 radical (unpaired) electrons. The van der Waals surface area contributed by atoms with Crippen LogP contribution in [0.25, 0.3) is 0 Å². The number of hydrogen-bond acceptors (Lipinski definition) is 13. The molecule has 0 saturated carbocycles. The SMILES string of the molecule is CCC1OC(=O)C(C)C(=O)C(C)[C@@H](OC2OC(C)CC(N(C)C)[C@H]2OC(C)=O)[C@](C)(OC)C[C@@H](C)C(=O)[C@H](C)[C@H]2OC(=O)O[C@]12C. The second-order valence-electron chi connectivity index (χ2n) is 13.8. The van der Waals surface area contributed by atoms with E-state index in [1.54, 1.807) is 41.5 Å². The molecule has 0 aromatic heterocycles. The number of ketones is 2. The molecule has 0 aromatic carbocycles. The fourth-order valence-electron chi connectivity index (χ4n) is 7.35. The van der Waals surface area contributed by atoms with Crippen molar-refractivity contribution in [3.05, 3.63) is 0 Å². The fourth-order valence-corrected chi connectivity index (χ4v) is 7.35. The summed E-state index contributed by atoms with van der Waals surface area (Å²) in [6.45, 7) is 14.7. The molecule has 3 heterocycles. The number of carbonyl (C=O) groups is 5. The van der Waals surface area contributed by atoms with Crippen LogP contribution in [0.4, 0.5) is 4.79 Å². The van der Waals surface area contributed by atoms with Gasteiger partial charge in [-0.2, -0.15) is 0 Å². The molecule has 13 nitrogen and oxygen atoms in total. The number of methoxy groups -OCH3 is 1. The van der Waals surface area contributed by atoms with Gasteiger partial charge in [0.15, 0.2) is 29.9 Å². The number of fused-ring (bicyclic) bond motifs is 1. The normalized spacial score (nSPS) is 42.8. The Labute approximate surface area is 272 Å². The summed E-state index contributed by atoms with van der Waals surface area (Å²) in [6.07, 6.45) is -5.40. The van der Waals surface area contributed by atoms with Gasteiger partial charge in [-0.1, -0.05) is 27.7 Å². The number of rotatable bonds is 6.